The van der Waals surface area contributed by atoms with E-state index in [1.165, 1.54) is 49.7 Å². The monoisotopic (exact) mass is 218 g/mol. The SMILES string of the molecule is CCCCCc1ccc(C(C)CCC)cc1. The van der Waals surface area contributed by atoms with Crippen molar-refractivity contribution < 1.29 is 0 Å². The van der Waals surface area contributed by atoms with Crippen molar-refractivity contribution in [2.45, 2.75) is 65.2 Å². The zero-order valence-electron chi connectivity index (χ0n) is 11.1. The third kappa shape index (κ3) is 4.38. The minimum atomic E-state index is 0.717. The van der Waals surface area contributed by atoms with E-state index in [4.69, 9.17) is 0 Å². The maximum atomic E-state index is 2.33. The summed E-state index contributed by atoms with van der Waals surface area (Å²) in [6.45, 7) is 6.85. The summed E-state index contributed by atoms with van der Waals surface area (Å²) in [5.74, 6) is 0.717. The molecule has 0 aromatic heterocycles. The highest BCUT2D eigenvalue weighted by atomic mass is 14.1. The minimum Gasteiger partial charge on any atom is -0.0654 e. The zero-order valence-corrected chi connectivity index (χ0v) is 11.1. The maximum absolute atomic E-state index is 2.33. The Bertz CT molecular complexity index is 271. The van der Waals surface area contributed by atoms with Gasteiger partial charge in [0.2, 0.25) is 0 Å². The van der Waals surface area contributed by atoms with Crippen molar-refractivity contribution in [3.8, 4) is 0 Å². The van der Waals surface area contributed by atoms with E-state index in [0.29, 0.717) is 0 Å². The van der Waals surface area contributed by atoms with Crippen LogP contribution in [0.25, 0.3) is 0 Å². The van der Waals surface area contributed by atoms with Crippen molar-refractivity contribution in [1.29, 1.82) is 0 Å². The van der Waals surface area contributed by atoms with E-state index >= 15 is 0 Å². The quantitative estimate of drug-likeness (QED) is 0.543. The number of unbranched alkanes of at least 4 members (excludes halogenated alkanes) is 2. The maximum Gasteiger partial charge on any atom is -0.0190 e. The minimum absolute atomic E-state index is 0.717. The van der Waals surface area contributed by atoms with Gasteiger partial charge in [0.15, 0.2) is 0 Å². The van der Waals surface area contributed by atoms with Gasteiger partial charge in [-0.25, -0.2) is 0 Å². The molecule has 90 valence electrons. The summed E-state index contributed by atoms with van der Waals surface area (Å²) in [5, 5.41) is 0. The molecule has 1 aromatic carbocycles. The third-order valence-corrected chi connectivity index (χ3v) is 3.34. The highest BCUT2D eigenvalue weighted by Gasteiger charge is 2.03. The second-order valence-electron chi connectivity index (χ2n) is 4.89. The predicted molar refractivity (Wildman–Crippen MR) is 73.0 cm³/mol. The second kappa shape index (κ2) is 7.49. The van der Waals surface area contributed by atoms with E-state index in [1.54, 1.807) is 0 Å². The summed E-state index contributed by atoms with van der Waals surface area (Å²) in [6.07, 6.45) is 7.82. The molecule has 1 atom stereocenters. The Balaban J connectivity index is 2.47. The molecule has 0 radical (unpaired) electrons. The average molecular weight is 218 g/mol. The molecule has 1 unspecified atom stereocenters. The van der Waals surface area contributed by atoms with Crippen LogP contribution in [0.15, 0.2) is 24.3 Å². The fourth-order valence-corrected chi connectivity index (χ4v) is 2.19. The molecule has 0 saturated carbocycles. The topological polar surface area (TPSA) is 0 Å². The molecule has 16 heavy (non-hydrogen) atoms. The summed E-state index contributed by atoms with van der Waals surface area (Å²) >= 11 is 0. The largest absolute Gasteiger partial charge is 0.0654 e. The lowest BCUT2D eigenvalue weighted by molar-refractivity contribution is 0.664. The van der Waals surface area contributed by atoms with Crippen LogP contribution in [0.4, 0.5) is 0 Å². The lowest BCUT2D eigenvalue weighted by Gasteiger charge is -2.11. The van der Waals surface area contributed by atoms with Crippen molar-refractivity contribution in [3.63, 3.8) is 0 Å². The first kappa shape index (κ1) is 13.3. The van der Waals surface area contributed by atoms with E-state index < -0.39 is 0 Å². The molecule has 0 saturated heterocycles. The van der Waals surface area contributed by atoms with Gasteiger partial charge >= 0.3 is 0 Å². The van der Waals surface area contributed by atoms with Crippen molar-refractivity contribution in [1.82, 2.24) is 0 Å². The van der Waals surface area contributed by atoms with E-state index in [1.807, 2.05) is 0 Å². The Kier molecular flexibility index (Phi) is 6.22. The van der Waals surface area contributed by atoms with E-state index in [-0.39, 0.29) is 0 Å². The van der Waals surface area contributed by atoms with Crippen LogP contribution in [-0.4, -0.2) is 0 Å². The molecule has 0 aliphatic rings. The highest BCUT2D eigenvalue weighted by Crippen LogP contribution is 2.21. The van der Waals surface area contributed by atoms with Gasteiger partial charge in [0, 0.05) is 0 Å². The Labute approximate surface area is 101 Å². The molecule has 0 nitrogen and oxygen atoms in total. The third-order valence-electron chi connectivity index (χ3n) is 3.34. The number of aryl methyl sites for hydroxylation is 1. The number of benzene rings is 1. The Morgan fingerprint density at radius 3 is 2.19 bits per heavy atom. The van der Waals surface area contributed by atoms with Gasteiger partial charge in [-0.15, -0.1) is 0 Å². The molecular weight excluding hydrogens is 192 g/mol. The van der Waals surface area contributed by atoms with Gasteiger partial charge in [-0.1, -0.05) is 64.3 Å². The van der Waals surface area contributed by atoms with Crippen LogP contribution >= 0.6 is 0 Å². The van der Waals surface area contributed by atoms with Crippen molar-refractivity contribution in [2.24, 2.45) is 0 Å². The van der Waals surface area contributed by atoms with Crippen LogP contribution in [0, 0.1) is 0 Å². The van der Waals surface area contributed by atoms with E-state index in [2.05, 4.69) is 45.0 Å². The fourth-order valence-electron chi connectivity index (χ4n) is 2.19. The molecule has 0 heteroatoms. The summed E-state index contributed by atoms with van der Waals surface area (Å²) in [7, 11) is 0. The Hall–Kier alpha value is -0.780. The van der Waals surface area contributed by atoms with Crippen LogP contribution in [0.1, 0.15) is 69.9 Å². The number of hydrogen-bond acceptors (Lipinski definition) is 0. The van der Waals surface area contributed by atoms with Gasteiger partial charge in [-0.3, -0.25) is 0 Å². The van der Waals surface area contributed by atoms with Crippen LogP contribution in [-0.2, 0) is 6.42 Å². The van der Waals surface area contributed by atoms with E-state index in [0.717, 1.165) is 5.92 Å². The molecule has 0 fully saturated rings. The zero-order chi connectivity index (χ0) is 11.8. The van der Waals surface area contributed by atoms with Gasteiger partial charge in [-0.2, -0.15) is 0 Å². The Morgan fingerprint density at radius 2 is 1.62 bits per heavy atom. The first-order chi connectivity index (χ1) is 7.77. The molecule has 0 heterocycles. The van der Waals surface area contributed by atoms with Crippen molar-refractivity contribution >= 4 is 0 Å². The molecule has 0 aliphatic carbocycles. The van der Waals surface area contributed by atoms with Gasteiger partial charge in [-0.05, 0) is 36.3 Å². The molecule has 1 aromatic rings. The standard InChI is InChI=1S/C16H26/c1-4-6-7-9-15-10-12-16(13-11-15)14(3)8-5-2/h10-14H,4-9H2,1-3H3. The summed E-state index contributed by atoms with van der Waals surface area (Å²) in [5.41, 5.74) is 3.00. The molecule has 0 amide bonds. The Morgan fingerprint density at radius 1 is 0.938 bits per heavy atom. The van der Waals surface area contributed by atoms with Crippen molar-refractivity contribution in [2.75, 3.05) is 0 Å². The molecule has 0 aliphatic heterocycles. The smallest absolute Gasteiger partial charge is 0.0190 e. The second-order valence-corrected chi connectivity index (χ2v) is 4.89. The first-order valence-corrected chi connectivity index (χ1v) is 6.86. The molecule has 0 spiro atoms. The average Bonchev–Trinajstić information content (AvgIpc) is 2.30. The highest BCUT2D eigenvalue weighted by molar-refractivity contribution is 5.25. The van der Waals surface area contributed by atoms with Crippen molar-refractivity contribution in [3.05, 3.63) is 35.4 Å². The van der Waals surface area contributed by atoms with Crippen LogP contribution < -0.4 is 0 Å². The molecule has 0 N–H and O–H groups in total. The summed E-state index contributed by atoms with van der Waals surface area (Å²) < 4.78 is 0. The molecule has 0 bridgehead atoms. The van der Waals surface area contributed by atoms with Crippen LogP contribution in [0.2, 0.25) is 0 Å². The number of hydrogen-bond donors (Lipinski definition) is 0. The predicted octanol–water partition coefficient (Wildman–Crippen LogP) is 5.32. The summed E-state index contributed by atoms with van der Waals surface area (Å²) in [4.78, 5) is 0. The van der Waals surface area contributed by atoms with Gasteiger partial charge in [0.25, 0.3) is 0 Å². The molecule has 1 rings (SSSR count). The lowest BCUT2D eigenvalue weighted by atomic mass is 9.95. The van der Waals surface area contributed by atoms with E-state index in [9.17, 15) is 0 Å². The van der Waals surface area contributed by atoms with Gasteiger partial charge in [0.1, 0.15) is 0 Å². The van der Waals surface area contributed by atoms with Gasteiger partial charge in [0.05, 0.1) is 0 Å². The number of rotatable bonds is 7. The normalized spacial score (nSPS) is 12.7. The summed E-state index contributed by atoms with van der Waals surface area (Å²) in [6, 6.07) is 9.28. The van der Waals surface area contributed by atoms with Crippen LogP contribution in [0.3, 0.4) is 0 Å². The first-order valence-electron chi connectivity index (χ1n) is 6.86. The molecular formula is C16H26. The lowest BCUT2D eigenvalue weighted by Crippen LogP contribution is -1.93. The van der Waals surface area contributed by atoms with Gasteiger partial charge < -0.3 is 0 Å². The van der Waals surface area contributed by atoms with Crippen LogP contribution in [0.5, 0.6) is 0 Å². The fraction of sp³-hybridized carbons (Fsp3) is 0.625.